The Morgan fingerprint density at radius 2 is 2.05 bits per heavy atom. The standard InChI is InChI=1S/C15H24BrN3O/c1-10(9-19-12(3)14(16)11(2)18-19)15(20)17-13-7-5-4-6-8-13/h10,13H,4-9H2,1-3H3,(H,17,20)/t10-/m1/s1. The van der Waals surface area contributed by atoms with E-state index in [2.05, 4.69) is 26.3 Å². The van der Waals surface area contributed by atoms with Gasteiger partial charge in [0.15, 0.2) is 0 Å². The number of hydrogen-bond donors (Lipinski definition) is 1. The van der Waals surface area contributed by atoms with E-state index in [0.717, 1.165) is 28.7 Å². The summed E-state index contributed by atoms with van der Waals surface area (Å²) in [6.07, 6.45) is 6.04. The second kappa shape index (κ2) is 6.74. The molecule has 1 aliphatic rings. The van der Waals surface area contributed by atoms with Crippen LogP contribution < -0.4 is 5.32 Å². The fraction of sp³-hybridized carbons (Fsp3) is 0.733. The number of rotatable bonds is 4. The Bertz CT molecular complexity index is 478. The highest BCUT2D eigenvalue weighted by molar-refractivity contribution is 9.10. The minimum atomic E-state index is -0.0539. The first-order valence-corrected chi connectivity index (χ1v) is 8.28. The number of carbonyl (C=O) groups excluding carboxylic acids is 1. The Morgan fingerprint density at radius 1 is 1.40 bits per heavy atom. The molecule has 1 amide bonds. The summed E-state index contributed by atoms with van der Waals surface area (Å²) < 4.78 is 2.96. The van der Waals surface area contributed by atoms with Crippen molar-refractivity contribution in [3.05, 3.63) is 15.9 Å². The van der Waals surface area contributed by atoms with Crippen molar-refractivity contribution in [2.24, 2.45) is 5.92 Å². The smallest absolute Gasteiger partial charge is 0.224 e. The van der Waals surface area contributed by atoms with Gasteiger partial charge in [0.2, 0.25) is 5.91 Å². The normalized spacial score (nSPS) is 18.0. The van der Waals surface area contributed by atoms with Gasteiger partial charge in [0.25, 0.3) is 0 Å². The molecule has 5 heteroatoms. The van der Waals surface area contributed by atoms with Crippen LogP contribution >= 0.6 is 15.9 Å². The minimum absolute atomic E-state index is 0.0539. The van der Waals surface area contributed by atoms with Crippen LogP contribution in [0.15, 0.2) is 4.47 Å². The molecule has 1 heterocycles. The first kappa shape index (κ1) is 15.5. The zero-order valence-electron chi connectivity index (χ0n) is 12.6. The van der Waals surface area contributed by atoms with Crippen molar-refractivity contribution < 1.29 is 4.79 Å². The quantitative estimate of drug-likeness (QED) is 0.912. The van der Waals surface area contributed by atoms with Gasteiger partial charge < -0.3 is 5.32 Å². The fourth-order valence-electron chi connectivity index (χ4n) is 2.79. The van der Waals surface area contributed by atoms with E-state index in [9.17, 15) is 4.79 Å². The lowest BCUT2D eigenvalue weighted by Crippen LogP contribution is -2.40. The molecule has 1 aromatic rings. The molecule has 1 N–H and O–H groups in total. The van der Waals surface area contributed by atoms with Gasteiger partial charge in [0, 0.05) is 11.7 Å². The Hall–Kier alpha value is -0.840. The maximum Gasteiger partial charge on any atom is 0.224 e. The first-order valence-electron chi connectivity index (χ1n) is 7.49. The number of halogens is 1. The van der Waals surface area contributed by atoms with Crippen LogP contribution in [0.2, 0.25) is 0 Å². The van der Waals surface area contributed by atoms with Crippen molar-refractivity contribution in [3.63, 3.8) is 0 Å². The summed E-state index contributed by atoms with van der Waals surface area (Å²) in [6.45, 7) is 6.61. The minimum Gasteiger partial charge on any atom is -0.353 e. The number of amides is 1. The highest BCUT2D eigenvalue weighted by atomic mass is 79.9. The molecule has 1 atom stereocenters. The maximum absolute atomic E-state index is 12.3. The Balaban J connectivity index is 1.91. The Kier molecular flexibility index (Phi) is 5.24. The molecule has 0 aliphatic heterocycles. The van der Waals surface area contributed by atoms with E-state index < -0.39 is 0 Å². The van der Waals surface area contributed by atoms with Crippen LogP contribution in [0.3, 0.4) is 0 Å². The van der Waals surface area contributed by atoms with Crippen LogP contribution in [0.5, 0.6) is 0 Å². The van der Waals surface area contributed by atoms with Crippen LogP contribution in [0, 0.1) is 19.8 Å². The molecule has 0 unspecified atom stereocenters. The molecular weight excluding hydrogens is 318 g/mol. The van der Waals surface area contributed by atoms with Gasteiger partial charge in [-0.15, -0.1) is 0 Å². The van der Waals surface area contributed by atoms with Crippen LogP contribution in [-0.4, -0.2) is 21.7 Å². The van der Waals surface area contributed by atoms with Gasteiger partial charge in [-0.2, -0.15) is 5.10 Å². The van der Waals surface area contributed by atoms with Crippen molar-refractivity contribution in [2.45, 2.75) is 65.5 Å². The molecule has 20 heavy (non-hydrogen) atoms. The van der Waals surface area contributed by atoms with Crippen molar-refractivity contribution in [1.82, 2.24) is 15.1 Å². The zero-order valence-corrected chi connectivity index (χ0v) is 14.2. The van der Waals surface area contributed by atoms with E-state index in [0.29, 0.717) is 12.6 Å². The van der Waals surface area contributed by atoms with E-state index in [1.165, 1.54) is 19.3 Å². The summed E-state index contributed by atoms with van der Waals surface area (Å²) in [6, 6.07) is 0.380. The molecule has 1 saturated carbocycles. The van der Waals surface area contributed by atoms with Gasteiger partial charge in [-0.3, -0.25) is 9.48 Å². The van der Waals surface area contributed by atoms with E-state index in [1.54, 1.807) is 0 Å². The predicted octanol–water partition coefficient (Wildman–Crippen LogP) is 3.35. The maximum atomic E-state index is 12.3. The average Bonchev–Trinajstić information content (AvgIpc) is 2.67. The van der Waals surface area contributed by atoms with Crippen LogP contribution in [0.1, 0.15) is 50.4 Å². The molecule has 0 radical (unpaired) electrons. The Morgan fingerprint density at radius 3 is 2.60 bits per heavy atom. The molecular formula is C15H24BrN3O. The number of nitrogens with zero attached hydrogens (tertiary/aromatic N) is 2. The summed E-state index contributed by atoms with van der Waals surface area (Å²) >= 11 is 3.52. The fourth-order valence-corrected chi connectivity index (χ4v) is 3.07. The second-order valence-corrected chi connectivity index (χ2v) is 6.70. The molecule has 0 spiro atoms. The second-order valence-electron chi connectivity index (χ2n) is 5.91. The lowest BCUT2D eigenvalue weighted by molar-refractivity contribution is -0.125. The number of nitrogens with one attached hydrogen (secondary N) is 1. The zero-order chi connectivity index (χ0) is 14.7. The summed E-state index contributed by atoms with van der Waals surface area (Å²) in [5, 5.41) is 7.66. The summed E-state index contributed by atoms with van der Waals surface area (Å²) in [4.78, 5) is 12.3. The molecule has 1 aromatic heterocycles. The summed E-state index contributed by atoms with van der Waals surface area (Å²) in [7, 11) is 0. The highest BCUT2D eigenvalue weighted by Crippen LogP contribution is 2.21. The number of aryl methyl sites for hydroxylation is 1. The SMILES string of the molecule is Cc1nn(C[C@@H](C)C(=O)NC2CCCCC2)c(C)c1Br. The molecule has 4 nitrogen and oxygen atoms in total. The van der Waals surface area contributed by atoms with E-state index in [-0.39, 0.29) is 11.8 Å². The van der Waals surface area contributed by atoms with Gasteiger partial charge >= 0.3 is 0 Å². The third kappa shape index (κ3) is 3.62. The van der Waals surface area contributed by atoms with Gasteiger partial charge in [0.1, 0.15) is 0 Å². The van der Waals surface area contributed by atoms with E-state index in [4.69, 9.17) is 0 Å². The number of aromatic nitrogens is 2. The predicted molar refractivity (Wildman–Crippen MR) is 83.6 cm³/mol. The van der Waals surface area contributed by atoms with Crippen molar-refractivity contribution in [1.29, 1.82) is 0 Å². The highest BCUT2D eigenvalue weighted by Gasteiger charge is 2.21. The number of hydrogen-bond acceptors (Lipinski definition) is 2. The Labute approximate surface area is 129 Å². The molecule has 2 rings (SSSR count). The largest absolute Gasteiger partial charge is 0.353 e. The lowest BCUT2D eigenvalue weighted by Gasteiger charge is -2.24. The monoisotopic (exact) mass is 341 g/mol. The first-order chi connectivity index (χ1) is 9.49. The molecule has 0 saturated heterocycles. The molecule has 112 valence electrons. The van der Waals surface area contributed by atoms with Crippen molar-refractivity contribution in [3.8, 4) is 0 Å². The van der Waals surface area contributed by atoms with Gasteiger partial charge in [0.05, 0.1) is 22.6 Å². The molecule has 1 fully saturated rings. The number of carbonyl (C=O) groups is 1. The van der Waals surface area contributed by atoms with E-state index >= 15 is 0 Å². The average molecular weight is 342 g/mol. The van der Waals surface area contributed by atoms with Gasteiger partial charge in [-0.05, 0) is 42.6 Å². The lowest BCUT2D eigenvalue weighted by atomic mass is 9.95. The topological polar surface area (TPSA) is 46.9 Å². The molecule has 0 aromatic carbocycles. The van der Waals surface area contributed by atoms with Crippen molar-refractivity contribution in [2.75, 3.05) is 0 Å². The third-order valence-electron chi connectivity index (χ3n) is 4.14. The van der Waals surface area contributed by atoms with E-state index in [1.807, 2.05) is 25.5 Å². The van der Waals surface area contributed by atoms with Crippen LogP contribution in [0.4, 0.5) is 0 Å². The summed E-state index contributed by atoms with van der Waals surface area (Å²) in [5.41, 5.74) is 2.06. The molecule has 0 bridgehead atoms. The molecule has 1 aliphatic carbocycles. The van der Waals surface area contributed by atoms with Crippen LogP contribution in [-0.2, 0) is 11.3 Å². The van der Waals surface area contributed by atoms with Crippen LogP contribution in [0.25, 0.3) is 0 Å². The third-order valence-corrected chi connectivity index (χ3v) is 5.29. The van der Waals surface area contributed by atoms with Crippen molar-refractivity contribution >= 4 is 21.8 Å². The van der Waals surface area contributed by atoms with Gasteiger partial charge in [-0.1, -0.05) is 26.2 Å². The van der Waals surface area contributed by atoms with Gasteiger partial charge in [-0.25, -0.2) is 0 Å². The summed E-state index contributed by atoms with van der Waals surface area (Å²) in [5.74, 6) is 0.0994.